The quantitative estimate of drug-likeness (QED) is 0.129. The third-order valence-electron chi connectivity index (χ3n) is 12.1. The molecule has 0 N–H and O–H groups in total. The summed E-state index contributed by atoms with van der Waals surface area (Å²) in [6.45, 7) is 7.69. The number of ether oxygens (including phenoxy) is 3. The summed E-state index contributed by atoms with van der Waals surface area (Å²) in [6, 6.07) is 7.33. The number of piperazine rings is 1. The third kappa shape index (κ3) is 7.38. The van der Waals surface area contributed by atoms with Crippen molar-refractivity contribution >= 4 is 33.6 Å². The molecule has 308 valence electrons. The van der Waals surface area contributed by atoms with Crippen LogP contribution < -0.4 is 9.64 Å². The van der Waals surface area contributed by atoms with E-state index >= 15 is 8.78 Å². The molecule has 3 fully saturated rings. The summed E-state index contributed by atoms with van der Waals surface area (Å²) in [4.78, 5) is 34.2. The molecule has 15 heteroatoms. The number of amides is 1. The molecule has 10 nitrogen and oxygen atoms in total. The highest BCUT2D eigenvalue weighted by Crippen LogP contribution is 2.45. The lowest BCUT2D eigenvalue weighted by Crippen LogP contribution is -2.60. The van der Waals surface area contributed by atoms with E-state index in [1.807, 2.05) is 27.7 Å². The highest BCUT2D eigenvalue weighted by atomic mass is 19.4. The molecule has 1 amide bonds. The fraction of sp³-hybridized carbons (Fsp3) is 0.535. The zero-order valence-corrected chi connectivity index (χ0v) is 33.1. The second-order valence-electron chi connectivity index (χ2n) is 16.9. The van der Waals surface area contributed by atoms with Gasteiger partial charge in [-0.2, -0.15) is 23.1 Å². The Kier molecular flexibility index (Phi) is 10.4. The van der Waals surface area contributed by atoms with Gasteiger partial charge in [-0.1, -0.05) is 37.1 Å². The number of carbonyl (C=O) groups excluding carboxylic acids is 1. The molecule has 2 aromatic carbocycles. The molecule has 4 aromatic rings. The number of hydrogen-bond donors (Lipinski definition) is 0. The van der Waals surface area contributed by atoms with E-state index in [0.717, 1.165) is 12.8 Å². The number of terminal acetylenes is 1. The maximum absolute atomic E-state index is 17.4. The monoisotopic (exact) mass is 806 g/mol. The molecule has 4 atom stereocenters. The van der Waals surface area contributed by atoms with Gasteiger partial charge in [-0.3, -0.25) is 4.90 Å². The van der Waals surface area contributed by atoms with E-state index in [2.05, 4.69) is 15.7 Å². The molecule has 6 heterocycles. The number of anilines is 1. The number of alkyl halides is 3. The zero-order chi connectivity index (χ0) is 41.1. The van der Waals surface area contributed by atoms with Crippen LogP contribution in [0.15, 0.2) is 30.3 Å². The molecule has 0 spiro atoms. The summed E-state index contributed by atoms with van der Waals surface area (Å²) in [5, 5.41) is 1.41. The molecule has 58 heavy (non-hydrogen) atoms. The lowest BCUT2D eigenvalue weighted by atomic mass is 9.95. The van der Waals surface area contributed by atoms with Crippen LogP contribution in [0.25, 0.3) is 32.9 Å². The SMILES string of the molecule is C#Cc1c(F)ccc2cccc(-c3nc4c5c(nc(OC[C@@]67CCCN6[C@H](COCC(F)(F)F)CC7)nc5c3F)N3C[C@@H](CC)N(C(=O)OC(C)(C)C)C[C@H]3CC4)c12. The maximum Gasteiger partial charge on any atom is 0.411 e. The number of benzene rings is 2. The van der Waals surface area contributed by atoms with Crippen molar-refractivity contribution in [3.63, 3.8) is 0 Å². The number of halogens is 5. The van der Waals surface area contributed by atoms with E-state index in [0.29, 0.717) is 85.0 Å². The van der Waals surface area contributed by atoms with Crippen LogP contribution in [-0.4, -0.2) is 106 Å². The zero-order valence-electron chi connectivity index (χ0n) is 33.1. The van der Waals surface area contributed by atoms with Crippen molar-refractivity contribution in [2.24, 2.45) is 0 Å². The van der Waals surface area contributed by atoms with Crippen LogP contribution in [0.5, 0.6) is 6.01 Å². The van der Waals surface area contributed by atoms with Crippen LogP contribution >= 0.6 is 0 Å². The van der Waals surface area contributed by atoms with Crippen LogP contribution in [0.2, 0.25) is 0 Å². The molecule has 8 rings (SSSR count). The van der Waals surface area contributed by atoms with E-state index in [-0.39, 0.29) is 54.1 Å². The molecule has 0 bridgehead atoms. The number of nitrogens with zero attached hydrogens (tertiary/aromatic N) is 6. The summed E-state index contributed by atoms with van der Waals surface area (Å²) < 4.78 is 88.6. The number of fused-ring (bicyclic) bond motifs is 4. The van der Waals surface area contributed by atoms with Gasteiger partial charge in [0.05, 0.1) is 34.8 Å². The number of rotatable bonds is 8. The summed E-state index contributed by atoms with van der Waals surface area (Å²) >= 11 is 0. The first-order valence-corrected chi connectivity index (χ1v) is 20.0. The lowest BCUT2D eigenvalue weighted by molar-refractivity contribution is -0.177. The predicted octanol–water partition coefficient (Wildman–Crippen LogP) is 8.21. The van der Waals surface area contributed by atoms with Crippen LogP contribution in [-0.2, 0) is 15.9 Å². The molecule has 4 aliphatic rings. The normalized spacial score (nSPS) is 23.5. The second kappa shape index (κ2) is 15.1. The van der Waals surface area contributed by atoms with Gasteiger partial charge in [-0.25, -0.2) is 18.6 Å². The Hall–Kier alpha value is -4.81. The summed E-state index contributed by atoms with van der Waals surface area (Å²) in [6.07, 6.45) is 5.49. The van der Waals surface area contributed by atoms with Crippen LogP contribution in [0.3, 0.4) is 0 Å². The van der Waals surface area contributed by atoms with Gasteiger partial charge in [0.25, 0.3) is 0 Å². The molecule has 0 unspecified atom stereocenters. The number of aromatic nitrogens is 3. The number of carbonyl (C=O) groups is 1. The first-order valence-electron chi connectivity index (χ1n) is 20.0. The van der Waals surface area contributed by atoms with Gasteiger partial charge in [0.2, 0.25) is 0 Å². The average Bonchev–Trinajstić information content (AvgIpc) is 3.70. The van der Waals surface area contributed by atoms with Gasteiger partial charge >= 0.3 is 18.3 Å². The smallest absolute Gasteiger partial charge is 0.411 e. The highest BCUT2D eigenvalue weighted by molar-refractivity contribution is 6.03. The maximum atomic E-state index is 17.4. The van der Waals surface area contributed by atoms with Crippen molar-refractivity contribution in [3.05, 3.63) is 53.2 Å². The van der Waals surface area contributed by atoms with Crippen LogP contribution in [0.4, 0.5) is 32.6 Å². The minimum absolute atomic E-state index is 0.00307. The Morgan fingerprint density at radius 1 is 1.02 bits per heavy atom. The van der Waals surface area contributed by atoms with Crippen molar-refractivity contribution < 1.29 is 41.0 Å². The van der Waals surface area contributed by atoms with Gasteiger partial charge in [0, 0.05) is 36.1 Å². The van der Waals surface area contributed by atoms with Crippen molar-refractivity contribution in [3.8, 4) is 29.6 Å². The fourth-order valence-corrected chi connectivity index (χ4v) is 9.48. The minimum Gasteiger partial charge on any atom is -0.461 e. The Morgan fingerprint density at radius 3 is 2.57 bits per heavy atom. The van der Waals surface area contributed by atoms with E-state index in [4.69, 9.17) is 35.6 Å². The Bertz CT molecular complexity index is 2290. The lowest BCUT2D eigenvalue weighted by Gasteiger charge is -2.46. The molecule has 0 radical (unpaired) electrons. The summed E-state index contributed by atoms with van der Waals surface area (Å²) in [7, 11) is 0. The number of aryl methyl sites for hydroxylation is 1. The highest BCUT2D eigenvalue weighted by Gasteiger charge is 2.50. The van der Waals surface area contributed by atoms with E-state index in [1.54, 1.807) is 29.2 Å². The van der Waals surface area contributed by atoms with Crippen molar-refractivity contribution in [1.82, 2.24) is 24.8 Å². The molecule has 0 saturated carbocycles. The molecule has 2 aromatic heterocycles. The number of pyridine rings is 1. The Balaban J connectivity index is 1.21. The van der Waals surface area contributed by atoms with Gasteiger partial charge in [-0.15, -0.1) is 6.42 Å². The van der Waals surface area contributed by atoms with Crippen molar-refractivity contribution in [2.45, 2.75) is 108 Å². The van der Waals surface area contributed by atoms with Crippen molar-refractivity contribution in [2.75, 3.05) is 44.4 Å². The van der Waals surface area contributed by atoms with Gasteiger partial charge < -0.3 is 24.0 Å². The van der Waals surface area contributed by atoms with Gasteiger partial charge in [0.15, 0.2) is 5.82 Å². The largest absolute Gasteiger partial charge is 0.461 e. The van der Waals surface area contributed by atoms with E-state index < -0.39 is 41.7 Å². The summed E-state index contributed by atoms with van der Waals surface area (Å²) in [5.74, 6) is 1.53. The molecule has 3 saturated heterocycles. The molecular formula is C43H47F5N6O4. The average molecular weight is 807 g/mol. The fourth-order valence-electron chi connectivity index (χ4n) is 9.48. The topological polar surface area (TPSA) is 93.2 Å². The number of hydrogen-bond acceptors (Lipinski definition) is 9. The van der Waals surface area contributed by atoms with E-state index in [1.165, 1.54) is 6.07 Å². The van der Waals surface area contributed by atoms with Crippen molar-refractivity contribution in [1.29, 1.82) is 0 Å². The van der Waals surface area contributed by atoms with Crippen LogP contribution in [0.1, 0.15) is 77.5 Å². The molecular weight excluding hydrogens is 760 g/mol. The molecule has 0 aliphatic carbocycles. The standard InChI is InChI=1S/C43H47F5N6O4/c1-6-26-20-52-27(21-53(26)40(55)58-41(3,4)5)13-15-32-34-37(35(45)36(49-32)30-11-8-10-25-12-14-31(44)29(7-2)33(25)30)50-39(51-38(34)52)57-23-42-17-9-19-54(42)28(16-18-42)22-56-24-43(46,47)48/h2,8,10-12,14,26-28H,6,9,13,15-24H2,1,3-5H3/t26-,27-,28+,42+/m1/s1. The van der Waals surface area contributed by atoms with Gasteiger partial charge in [-0.05, 0) is 83.7 Å². The summed E-state index contributed by atoms with van der Waals surface area (Å²) in [5.41, 5.74) is -0.348. The first kappa shape index (κ1) is 40.0. The minimum atomic E-state index is -4.41. The van der Waals surface area contributed by atoms with Crippen LogP contribution in [0, 0.1) is 24.0 Å². The first-order chi connectivity index (χ1) is 27.6. The van der Waals surface area contributed by atoms with E-state index in [9.17, 15) is 18.0 Å². The third-order valence-corrected chi connectivity index (χ3v) is 12.1. The van der Waals surface area contributed by atoms with Gasteiger partial charge in [0.1, 0.15) is 41.7 Å². The predicted molar refractivity (Wildman–Crippen MR) is 209 cm³/mol. The Morgan fingerprint density at radius 2 is 1.83 bits per heavy atom. The molecule has 4 aliphatic heterocycles. The Labute approximate surface area is 334 Å². The second-order valence-corrected chi connectivity index (χ2v) is 16.9.